The van der Waals surface area contributed by atoms with Gasteiger partial charge in [0.05, 0.1) is 5.38 Å². The molecule has 0 spiro atoms. The van der Waals surface area contributed by atoms with Crippen LogP contribution in [0.2, 0.25) is 0 Å². The van der Waals surface area contributed by atoms with Gasteiger partial charge >= 0.3 is 0 Å². The summed E-state index contributed by atoms with van der Waals surface area (Å²) in [6.45, 7) is 4.26. The molecule has 0 amide bonds. The minimum Gasteiger partial charge on any atom is -0.143 e. The van der Waals surface area contributed by atoms with Crippen LogP contribution in [0.3, 0.4) is 0 Å². The maximum Gasteiger partial charge on any atom is 0.0927 e. The van der Waals surface area contributed by atoms with E-state index in [1.807, 2.05) is 12.1 Å². The second-order valence-electron chi connectivity index (χ2n) is 3.80. The summed E-state index contributed by atoms with van der Waals surface area (Å²) in [4.78, 5) is 2.57. The summed E-state index contributed by atoms with van der Waals surface area (Å²) >= 11 is 11.7. The maximum atomic E-state index is 6.46. The van der Waals surface area contributed by atoms with Crippen LogP contribution in [0.1, 0.15) is 26.3 Å². The van der Waals surface area contributed by atoms with Gasteiger partial charge in [0.1, 0.15) is 0 Å². The van der Waals surface area contributed by atoms with Crippen molar-refractivity contribution >= 4 is 38.9 Å². The Kier molecular flexibility index (Phi) is 3.73. The van der Waals surface area contributed by atoms with Gasteiger partial charge in [0.15, 0.2) is 0 Å². The predicted molar refractivity (Wildman–Crippen MR) is 75.6 cm³/mol. The number of benzene rings is 1. The minimum atomic E-state index is -0.0366. The Labute approximate surface area is 113 Å². The second-order valence-corrected chi connectivity index (χ2v) is 6.44. The van der Waals surface area contributed by atoms with E-state index in [1.165, 1.54) is 15.3 Å². The van der Waals surface area contributed by atoms with Crippen molar-refractivity contribution in [2.75, 3.05) is 0 Å². The summed E-state index contributed by atoms with van der Waals surface area (Å²) in [6, 6.07) is 10.4. The van der Waals surface area contributed by atoms with Crippen LogP contribution < -0.4 is 0 Å². The van der Waals surface area contributed by atoms with Crippen molar-refractivity contribution in [2.45, 2.75) is 19.2 Å². The predicted octanol–water partition coefficient (Wildman–Crippen LogP) is 5.46. The SMILES string of the molecule is Cc1cc(C(Cl)c2ccc(Br)cc2)sc1C. The molecular weight excluding hydrogens is 304 g/mol. The molecule has 1 unspecified atom stereocenters. The standard InChI is InChI=1S/C13H12BrClS/c1-8-7-12(16-9(8)2)13(15)10-3-5-11(14)6-4-10/h3-7,13H,1-2H3. The van der Waals surface area contributed by atoms with E-state index in [1.54, 1.807) is 11.3 Å². The molecule has 0 bridgehead atoms. The Morgan fingerprint density at radius 3 is 2.31 bits per heavy atom. The molecule has 1 heterocycles. The number of aryl methyl sites for hydroxylation is 2. The van der Waals surface area contributed by atoms with Crippen molar-refractivity contribution < 1.29 is 0 Å². The maximum absolute atomic E-state index is 6.46. The first-order chi connectivity index (χ1) is 7.58. The van der Waals surface area contributed by atoms with E-state index < -0.39 is 0 Å². The van der Waals surface area contributed by atoms with Crippen molar-refractivity contribution in [1.82, 2.24) is 0 Å². The molecule has 1 aromatic heterocycles. The lowest BCUT2D eigenvalue weighted by Gasteiger charge is -2.07. The fourth-order valence-corrected chi connectivity index (χ4v) is 3.18. The van der Waals surface area contributed by atoms with Gasteiger partial charge in [-0.25, -0.2) is 0 Å². The molecule has 2 rings (SSSR count). The zero-order valence-electron chi connectivity index (χ0n) is 9.13. The highest BCUT2D eigenvalue weighted by atomic mass is 79.9. The van der Waals surface area contributed by atoms with E-state index in [9.17, 15) is 0 Å². The summed E-state index contributed by atoms with van der Waals surface area (Å²) in [5.41, 5.74) is 2.47. The van der Waals surface area contributed by atoms with Crippen LogP contribution in [0.5, 0.6) is 0 Å². The summed E-state index contributed by atoms with van der Waals surface area (Å²) in [5.74, 6) is 0. The molecule has 2 aromatic rings. The first kappa shape index (κ1) is 12.2. The smallest absolute Gasteiger partial charge is 0.0927 e. The molecule has 1 atom stereocenters. The number of hydrogen-bond donors (Lipinski definition) is 0. The largest absolute Gasteiger partial charge is 0.143 e. The van der Waals surface area contributed by atoms with Gasteiger partial charge < -0.3 is 0 Å². The van der Waals surface area contributed by atoms with E-state index in [0.717, 1.165) is 10.0 Å². The van der Waals surface area contributed by atoms with E-state index in [4.69, 9.17) is 11.6 Å². The number of thiophene rings is 1. The molecule has 0 nitrogen and oxygen atoms in total. The summed E-state index contributed by atoms with van der Waals surface area (Å²) in [7, 11) is 0. The lowest BCUT2D eigenvalue weighted by atomic mass is 10.1. The average Bonchev–Trinajstić information content (AvgIpc) is 2.59. The highest BCUT2D eigenvalue weighted by molar-refractivity contribution is 9.10. The Balaban J connectivity index is 2.31. The molecule has 16 heavy (non-hydrogen) atoms. The van der Waals surface area contributed by atoms with Crippen molar-refractivity contribution in [3.05, 3.63) is 55.7 Å². The highest BCUT2D eigenvalue weighted by Gasteiger charge is 2.13. The molecule has 84 valence electrons. The van der Waals surface area contributed by atoms with Crippen LogP contribution in [0, 0.1) is 13.8 Å². The van der Waals surface area contributed by atoms with Gasteiger partial charge in [-0.15, -0.1) is 22.9 Å². The Morgan fingerprint density at radius 2 is 1.81 bits per heavy atom. The zero-order valence-corrected chi connectivity index (χ0v) is 12.3. The minimum absolute atomic E-state index is 0.0366. The number of rotatable bonds is 2. The highest BCUT2D eigenvalue weighted by Crippen LogP contribution is 2.35. The van der Waals surface area contributed by atoms with Crippen LogP contribution in [-0.4, -0.2) is 0 Å². The molecule has 3 heteroatoms. The fourth-order valence-electron chi connectivity index (χ4n) is 1.52. The van der Waals surface area contributed by atoms with Crippen LogP contribution in [0.15, 0.2) is 34.8 Å². The normalized spacial score (nSPS) is 12.8. The summed E-state index contributed by atoms with van der Waals surface area (Å²) in [6.07, 6.45) is 0. The van der Waals surface area contributed by atoms with Gasteiger partial charge in [-0.1, -0.05) is 28.1 Å². The summed E-state index contributed by atoms with van der Waals surface area (Å²) < 4.78 is 1.08. The van der Waals surface area contributed by atoms with E-state index >= 15 is 0 Å². The Bertz CT molecular complexity index is 468. The quantitative estimate of drug-likeness (QED) is 0.646. The molecule has 0 aliphatic carbocycles. The third-order valence-electron chi connectivity index (χ3n) is 2.60. The van der Waals surface area contributed by atoms with E-state index in [2.05, 4.69) is 48.0 Å². The molecule has 1 aromatic carbocycles. The number of hydrogen-bond acceptors (Lipinski definition) is 1. The van der Waals surface area contributed by atoms with Gasteiger partial charge in [0.25, 0.3) is 0 Å². The fraction of sp³-hybridized carbons (Fsp3) is 0.231. The van der Waals surface area contributed by atoms with Gasteiger partial charge in [-0.2, -0.15) is 0 Å². The van der Waals surface area contributed by atoms with Gasteiger partial charge in [-0.05, 0) is 43.2 Å². The third-order valence-corrected chi connectivity index (χ3v) is 4.96. The molecule has 0 aliphatic rings. The Morgan fingerprint density at radius 1 is 1.19 bits per heavy atom. The van der Waals surface area contributed by atoms with Gasteiger partial charge in [0.2, 0.25) is 0 Å². The van der Waals surface area contributed by atoms with Crippen molar-refractivity contribution in [1.29, 1.82) is 0 Å². The van der Waals surface area contributed by atoms with Gasteiger partial charge in [-0.3, -0.25) is 0 Å². The van der Waals surface area contributed by atoms with E-state index in [-0.39, 0.29) is 5.38 Å². The first-order valence-corrected chi connectivity index (χ1v) is 7.09. The molecule has 0 saturated carbocycles. The lowest BCUT2D eigenvalue weighted by molar-refractivity contribution is 1.18. The topological polar surface area (TPSA) is 0 Å². The van der Waals surface area contributed by atoms with Crippen molar-refractivity contribution in [3.63, 3.8) is 0 Å². The number of halogens is 2. The molecule has 0 saturated heterocycles. The molecule has 0 fully saturated rings. The monoisotopic (exact) mass is 314 g/mol. The third kappa shape index (κ3) is 2.50. The Hall–Kier alpha value is -0.310. The van der Waals surface area contributed by atoms with E-state index in [0.29, 0.717) is 0 Å². The molecule has 0 aliphatic heterocycles. The average molecular weight is 316 g/mol. The lowest BCUT2D eigenvalue weighted by Crippen LogP contribution is -1.89. The molecule has 0 N–H and O–H groups in total. The molecular formula is C13H12BrClS. The van der Waals surface area contributed by atoms with Crippen LogP contribution in [0.25, 0.3) is 0 Å². The summed E-state index contributed by atoms with van der Waals surface area (Å²) in [5, 5.41) is -0.0366. The van der Waals surface area contributed by atoms with Gasteiger partial charge in [0, 0.05) is 14.2 Å². The van der Waals surface area contributed by atoms with Crippen LogP contribution >= 0.6 is 38.9 Å². The van der Waals surface area contributed by atoms with Crippen LogP contribution in [-0.2, 0) is 0 Å². The zero-order chi connectivity index (χ0) is 11.7. The van der Waals surface area contributed by atoms with Crippen molar-refractivity contribution in [2.24, 2.45) is 0 Å². The molecule has 0 radical (unpaired) electrons. The van der Waals surface area contributed by atoms with Crippen molar-refractivity contribution in [3.8, 4) is 0 Å². The van der Waals surface area contributed by atoms with Crippen LogP contribution in [0.4, 0.5) is 0 Å². The second kappa shape index (κ2) is 4.91. The number of alkyl halides is 1. The first-order valence-electron chi connectivity index (χ1n) is 5.04.